The van der Waals surface area contributed by atoms with Gasteiger partial charge in [-0.15, -0.1) is 0 Å². The van der Waals surface area contributed by atoms with Crippen molar-refractivity contribution in [1.82, 2.24) is 10.0 Å². The second kappa shape index (κ2) is 5.69. The molecule has 100 valence electrons. The number of benzene rings is 1. The average molecular weight is 270 g/mol. The van der Waals surface area contributed by atoms with Crippen molar-refractivity contribution in [3.05, 3.63) is 24.3 Å². The van der Waals surface area contributed by atoms with E-state index in [2.05, 4.69) is 10.0 Å². The molecule has 0 aliphatic carbocycles. The lowest BCUT2D eigenvalue weighted by molar-refractivity contribution is 0.163. The number of nitrogens with one attached hydrogen (secondary N) is 2. The maximum Gasteiger partial charge on any atom is 0.243 e. The summed E-state index contributed by atoms with van der Waals surface area (Å²) in [4.78, 5) is 0.193. The average Bonchev–Trinajstić information content (AvgIpc) is 2.40. The fraction of sp³-hybridized carbons (Fsp3) is 0.500. The summed E-state index contributed by atoms with van der Waals surface area (Å²) in [5.41, 5.74) is 0. The highest BCUT2D eigenvalue weighted by atomic mass is 32.2. The molecule has 0 amide bonds. The highest BCUT2D eigenvalue weighted by Gasteiger charge is 2.21. The summed E-state index contributed by atoms with van der Waals surface area (Å²) in [6, 6.07) is 6.72. The molecule has 0 unspecified atom stereocenters. The Morgan fingerprint density at radius 2 is 2.17 bits per heavy atom. The highest BCUT2D eigenvalue weighted by molar-refractivity contribution is 7.89. The van der Waals surface area contributed by atoms with E-state index in [4.69, 9.17) is 4.74 Å². The molecule has 18 heavy (non-hydrogen) atoms. The zero-order chi connectivity index (χ0) is 13.0. The normalized spacial score (nSPS) is 20.6. The van der Waals surface area contributed by atoms with Gasteiger partial charge in [-0.1, -0.05) is 12.1 Å². The molecule has 1 atom stereocenters. The van der Waals surface area contributed by atoms with E-state index in [0.717, 1.165) is 25.9 Å². The van der Waals surface area contributed by atoms with Crippen molar-refractivity contribution in [1.29, 1.82) is 0 Å². The number of piperidine rings is 1. The molecule has 0 bridgehead atoms. The summed E-state index contributed by atoms with van der Waals surface area (Å²) in [5.74, 6) is 0.417. The van der Waals surface area contributed by atoms with Gasteiger partial charge in [-0.25, -0.2) is 13.1 Å². The van der Waals surface area contributed by atoms with Crippen molar-refractivity contribution in [3.63, 3.8) is 0 Å². The van der Waals surface area contributed by atoms with Crippen LogP contribution >= 0.6 is 0 Å². The summed E-state index contributed by atoms with van der Waals surface area (Å²) in [6.45, 7) is 1.75. The Kier molecular flexibility index (Phi) is 4.21. The Morgan fingerprint density at radius 3 is 2.83 bits per heavy atom. The number of rotatable bonds is 4. The van der Waals surface area contributed by atoms with Crippen LogP contribution in [0, 0.1) is 0 Å². The molecule has 0 radical (unpaired) electrons. The molecule has 1 fully saturated rings. The smallest absolute Gasteiger partial charge is 0.243 e. The van der Waals surface area contributed by atoms with Gasteiger partial charge >= 0.3 is 0 Å². The van der Waals surface area contributed by atoms with Gasteiger partial charge in [-0.2, -0.15) is 0 Å². The second-order valence-electron chi connectivity index (χ2n) is 4.24. The van der Waals surface area contributed by atoms with Crippen LogP contribution in [-0.4, -0.2) is 34.7 Å². The Hall–Kier alpha value is -1.11. The zero-order valence-electron chi connectivity index (χ0n) is 10.3. The number of ether oxygens (including phenoxy) is 1. The lowest BCUT2D eigenvalue weighted by Gasteiger charge is -2.24. The van der Waals surface area contributed by atoms with Crippen molar-refractivity contribution in [2.45, 2.75) is 23.8 Å². The largest absolute Gasteiger partial charge is 0.488 e. The van der Waals surface area contributed by atoms with Gasteiger partial charge in [0.15, 0.2) is 0 Å². The van der Waals surface area contributed by atoms with Crippen LogP contribution in [0.4, 0.5) is 0 Å². The van der Waals surface area contributed by atoms with E-state index in [0.29, 0.717) is 5.75 Å². The number of para-hydroxylation sites is 1. The molecule has 2 N–H and O–H groups in total. The maximum absolute atomic E-state index is 11.9. The van der Waals surface area contributed by atoms with Gasteiger partial charge in [0.2, 0.25) is 10.0 Å². The predicted molar refractivity (Wildman–Crippen MR) is 69.2 cm³/mol. The first-order valence-electron chi connectivity index (χ1n) is 6.03. The SMILES string of the molecule is CNS(=O)(=O)c1ccccc1O[C@H]1CCCNC1. The summed E-state index contributed by atoms with van der Waals surface area (Å²) in [6.07, 6.45) is 2.03. The van der Waals surface area contributed by atoms with Crippen LogP contribution < -0.4 is 14.8 Å². The molecule has 1 heterocycles. The summed E-state index contributed by atoms with van der Waals surface area (Å²) in [7, 11) is -2.08. The third-order valence-corrected chi connectivity index (χ3v) is 4.41. The predicted octanol–water partition coefficient (Wildman–Crippen LogP) is 0.725. The fourth-order valence-electron chi connectivity index (χ4n) is 1.98. The molecular weight excluding hydrogens is 252 g/mol. The van der Waals surface area contributed by atoms with Crippen LogP contribution in [0.5, 0.6) is 5.75 Å². The fourth-order valence-corrected chi connectivity index (χ4v) is 2.84. The molecule has 1 saturated heterocycles. The Balaban J connectivity index is 2.22. The minimum atomic E-state index is -3.48. The van der Waals surface area contributed by atoms with Crippen LogP contribution in [0.25, 0.3) is 0 Å². The van der Waals surface area contributed by atoms with E-state index in [1.165, 1.54) is 7.05 Å². The molecule has 0 spiro atoms. The van der Waals surface area contributed by atoms with E-state index < -0.39 is 10.0 Å². The molecule has 1 aromatic carbocycles. The molecule has 1 aliphatic rings. The monoisotopic (exact) mass is 270 g/mol. The molecule has 1 aromatic rings. The van der Waals surface area contributed by atoms with Gasteiger partial charge in [0.1, 0.15) is 16.7 Å². The lowest BCUT2D eigenvalue weighted by Crippen LogP contribution is -2.37. The molecule has 0 saturated carbocycles. The Bertz CT molecular complexity index is 496. The quantitative estimate of drug-likeness (QED) is 0.846. The summed E-state index contributed by atoms with van der Waals surface area (Å²) >= 11 is 0. The minimum absolute atomic E-state index is 0.0342. The third-order valence-electron chi connectivity index (χ3n) is 2.95. The van der Waals surface area contributed by atoms with Crippen molar-refractivity contribution < 1.29 is 13.2 Å². The maximum atomic E-state index is 11.9. The van der Waals surface area contributed by atoms with Crippen LogP contribution in [-0.2, 0) is 10.0 Å². The van der Waals surface area contributed by atoms with Crippen LogP contribution in [0.1, 0.15) is 12.8 Å². The second-order valence-corrected chi connectivity index (χ2v) is 6.10. The lowest BCUT2D eigenvalue weighted by atomic mass is 10.1. The molecule has 5 nitrogen and oxygen atoms in total. The van der Waals surface area contributed by atoms with Gasteiger partial charge < -0.3 is 10.1 Å². The van der Waals surface area contributed by atoms with Gasteiger partial charge in [0.05, 0.1) is 0 Å². The first-order chi connectivity index (χ1) is 8.63. The first-order valence-corrected chi connectivity index (χ1v) is 7.52. The van der Waals surface area contributed by atoms with E-state index in [1.807, 2.05) is 0 Å². The molecular formula is C12H18N2O3S. The minimum Gasteiger partial charge on any atom is -0.488 e. The van der Waals surface area contributed by atoms with Crippen molar-refractivity contribution in [2.24, 2.45) is 0 Å². The molecule has 1 aliphatic heterocycles. The van der Waals surface area contributed by atoms with E-state index in [-0.39, 0.29) is 11.0 Å². The topological polar surface area (TPSA) is 67.4 Å². The first kappa shape index (κ1) is 13.3. The summed E-state index contributed by atoms with van der Waals surface area (Å²) < 4.78 is 31.8. The third kappa shape index (κ3) is 3.01. The molecule has 6 heteroatoms. The highest BCUT2D eigenvalue weighted by Crippen LogP contribution is 2.25. The molecule has 2 rings (SSSR count). The van der Waals surface area contributed by atoms with Crippen molar-refractivity contribution >= 4 is 10.0 Å². The van der Waals surface area contributed by atoms with Crippen LogP contribution in [0.3, 0.4) is 0 Å². The van der Waals surface area contributed by atoms with Crippen LogP contribution in [0.2, 0.25) is 0 Å². The number of hydrogen-bond acceptors (Lipinski definition) is 4. The molecule has 0 aromatic heterocycles. The van der Waals surface area contributed by atoms with Gasteiger partial charge in [-0.3, -0.25) is 0 Å². The van der Waals surface area contributed by atoms with E-state index in [1.54, 1.807) is 24.3 Å². The van der Waals surface area contributed by atoms with E-state index >= 15 is 0 Å². The van der Waals surface area contributed by atoms with Crippen LogP contribution in [0.15, 0.2) is 29.2 Å². The Morgan fingerprint density at radius 1 is 1.39 bits per heavy atom. The number of hydrogen-bond donors (Lipinski definition) is 2. The van der Waals surface area contributed by atoms with Crippen molar-refractivity contribution in [2.75, 3.05) is 20.1 Å². The van der Waals surface area contributed by atoms with Gasteiger partial charge in [-0.05, 0) is 38.6 Å². The zero-order valence-corrected chi connectivity index (χ0v) is 11.2. The van der Waals surface area contributed by atoms with Gasteiger partial charge in [0, 0.05) is 6.54 Å². The van der Waals surface area contributed by atoms with Crippen molar-refractivity contribution in [3.8, 4) is 5.75 Å². The van der Waals surface area contributed by atoms with Gasteiger partial charge in [0.25, 0.3) is 0 Å². The summed E-state index contributed by atoms with van der Waals surface area (Å²) in [5, 5.41) is 3.24. The number of sulfonamides is 1. The standard InChI is InChI=1S/C12H18N2O3S/c1-13-18(15,16)12-7-3-2-6-11(12)17-10-5-4-8-14-9-10/h2-3,6-7,10,13-14H,4-5,8-9H2,1H3/t10-/m0/s1. The Labute approximate surface area is 108 Å². The van der Waals surface area contributed by atoms with E-state index in [9.17, 15) is 8.42 Å².